The van der Waals surface area contributed by atoms with Crippen LogP contribution >= 0.6 is 0 Å². The van der Waals surface area contributed by atoms with Crippen LogP contribution in [0.1, 0.15) is 5.56 Å². The highest BCUT2D eigenvalue weighted by molar-refractivity contribution is 5.82. The molecule has 1 aliphatic heterocycles. The average Bonchev–Trinajstić information content (AvgIpc) is 2.63. The van der Waals surface area contributed by atoms with Crippen LogP contribution in [0.3, 0.4) is 0 Å². The van der Waals surface area contributed by atoms with Crippen molar-refractivity contribution < 1.29 is 9.84 Å². The second kappa shape index (κ2) is 7.44. The van der Waals surface area contributed by atoms with Gasteiger partial charge in [0.15, 0.2) is 0 Å². The van der Waals surface area contributed by atoms with Gasteiger partial charge in [-0.25, -0.2) is 9.36 Å². The topological polar surface area (TPSA) is 103 Å². The lowest BCUT2D eigenvalue weighted by molar-refractivity contribution is 0.159. The first-order chi connectivity index (χ1) is 12.5. The number of H-pyrrole nitrogens is 1. The van der Waals surface area contributed by atoms with Crippen molar-refractivity contribution in [2.75, 3.05) is 40.3 Å². The summed E-state index contributed by atoms with van der Waals surface area (Å²) in [5.41, 5.74) is -1.08. The first-order valence-electron chi connectivity index (χ1n) is 8.20. The summed E-state index contributed by atoms with van der Waals surface area (Å²) in [7, 11) is 3.56. The Balaban J connectivity index is 1.96. The van der Waals surface area contributed by atoms with E-state index in [9.17, 15) is 14.7 Å². The molecule has 0 radical (unpaired) electrons. The lowest BCUT2D eigenvalue weighted by Crippen LogP contribution is -2.42. The van der Waals surface area contributed by atoms with E-state index in [2.05, 4.69) is 15.0 Å². The molecule has 26 heavy (non-hydrogen) atoms. The van der Waals surface area contributed by atoms with E-state index in [4.69, 9.17) is 4.74 Å². The first kappa shape index (κ1) is 17.7. The minimum Gasteiger partial charge on any atom is -0.497 e. The van der Waals surface area contributed by atoms with Gasteiger partial charge in [-0.05, 0) is 31.3 Å². The molecule has 3 rings (SSSR count). The molecule has 1 fully saturated rings. The Morgan fingerprint density at radius 2 is 1.81 bits per heavy atom. The molecule has 138 valence electrons. The van der Waals surface area contributed by atoms with E-state index >= 15 is 0 Å². The van der Waals surface area contributed by atoms with Crippen molar-refractivity contribution in [1.29, 1.82) is 0 Å². The smallest absolute Gasteiger partial charge is 0.335 e. The van der Waals surface area contributed by atoms with Crippen molar-refractivity contribution in [3.05, 3.63) is 50.7 Å². The summed E-state index contributed by atoms with van der Waals surface area (Å²) >= 11 is 0. The number of aromatic nitrogens is 2. The molecule has 2 heterocycles. The predicted octanol–water partition coefficient (Wildman–Crippen LogP) is -0.179. The van der Waals surface area contributed by atoms with Gasteiger partial charge in [-0.15, -0.1) is 0 Å². The van der Waals surface area contributed by atoms with Gasteiger partial charge in [0, 0.05) is 26.2 Å². The highest BCUT2D eigenvalue weighted by atomic mass is 16.5. The second-order valence-corrected chi connectivity index (χ2v) is 6.03. The number of hydrogen-bond acceptors (Lipinski definition) is 7. The zero-order valence-corrected chi connectivity index (χ0v) is 14.7. The van der Waals surface area contributed by atoms with Crippen molar-refractivity contribution in [3.8, 4) is 17.3 Å². The van der Waals surface area contributed by atoms with E-state index in [0.717, 1.165) is 30.7 Å². The van der Waals surface area contributed by atoms with Crippen molar-refractivity contribution >= 4 is 6.21 Å². The number of methoxy groups -OCH3 is 1. The van der Waals surface area contributed by atoms with Gasteiger partial charge in [-0.2, -0.15) is 5.10 Å². The van der Waals surface area contributed by atoms with E-state index in [-0.39, 0.29) is 5.56 Å². The number of hydrazone groups is 1. The molecule has 0 atom stereocenters. The van der Waals surface area contributed by atoms with Crippen LogP contribution < -0.4 is 16.0 Å². The molecule has 0 amide bonds. The molecular formula is C17H21N5O4. The Kier molecular flexibility index (Phi) is 5.08. The number of likely N-dealkylation sites (N-methyl/N-ethyl adjacent to an activating group) is 1. The van der Waals surface area contributed by atoms with Gasteiger partial charge in [-0.1, -0.05) is 0 Å². The number of nitrogens with one attached hydrogen (secondary N) is 1. The van der Waals surface area contributed by atoms with E-state index < -0.39 is 17.1 Å². The Morgan fingerprint density at radius 1 is 1.15 bits per heavy atom. The number of aromatic hydroxyl groups is 1. The summed E-state index contributed by atoms with van der Waals surface area (Å²) in [6, 6.07) is 6.54. The van der Waals surface area contributed by atoms with Crippen molar-refractivity contribution in [1.82, 2.24) is 19.5 Å². The van der Waals surface area contributed by atoms with E-state index in [1.165, 1.54) is 13.3 Å². The van der Waals surface area contributed by atoms with Gasteiger partial charge in [-0.3, -0.25) is 14.8 Å². The van der Waals surface area contributed by atoms with Crippen LogP contribution in [0.5, 0.6) is 11.6 Å². The van der Waals surface area contributed by atoms with Crippen LogP contribution in [0.25, 0.3) is 5.69 Å². The highest BCUT2D eigenvalue weighted by Gasteiger charge is 2.16. The van der Waals surface area contributed by atoms with Crippen molar-refractivity contribution in [2.45, 2.75) is 0 Å². The third-order valence-corrected chi connectivity index (χ3v) is 4.28. The molecule has 0 unspecified atom stereocenters. The first-order valence-corrected chi connectivity index (χ1v) is 8.20. The zero-order chi connectivity index (χ0) is 18.7. The summed E-state index contributed by atoms with van der Waals surface area (Å²) in [5.74, 6) is 0.157. The molecule has 9 nitrogen and oxygen atoms in total. The SMILES string of the molecule is COc1ccc(-n2c(O)c(C=NN3CCN(C)CC3)c(=O)[nH]c2=O)cc1. The lowest BCUT2D eigenvalue weighted by atomic mass is 10.2. The van der Waals surface area contributed by atoms with Crippen LogP contribution in [0, 0.1) is 0 Å². The molecule has 0 bridgehead atoms. The van der Waals surface area contributed by atoms with Gasteiger partial charge >= 0.3 is 5.69 Å². The summed E-state index contributed by atoms with van der Waals surface area (Å²) in [4.78, 5) is 28.7. The van der Waals surface area contributed by atoms with E-state index in [1.54, 1.807) is 24.3 Å². The summed E-state index contributed by atoms with van der Waals surface area (Å²) in [6.45, 7) is 3.18. The van der Waals surface area contributed by atoms with Crippen LogP contribution in [0.4, 0.5) is 0 Å². The monoisotopic (exact) mass is 359 g/mol. The number of benzene rings is 1. The molecule has 0 aliphatic carbocycles. The average molecular weight is 359 g/mol. The fourth-order valence-corrected chi connectivity index (χ4v) is 2.68. The highest BCUT2D eigenvalue weighted by Crippen LogP contribution is 2.18. The maximum absolute atomic E-state index is 12.2. The number of hydrogen-bond donors (Lipinski definition) is 2. The fourth-order valence-electron chi connectivity index (χ4n) is 2.68. The van der Waals surface area contributed by atoms with E-state index in [0.29, 0.717) is 11.4 Å². The summed E-state index contributed by atoms with van der Waals surface area (Å²) in [6.07, 6.45) is 1.29. The van der Waals surface area contributed by atoms with Crippen LogP contribution in [0.2, 0.25) is 0 Å². The Labute approximate surface area is 149 Å². The van der Waals surface area contributed by atoms with Gasteiger partial charge in [0.05, 0.1) is 19.0 Å². The number of aromatic amines is 1. The Morgan fingerprint density at radius 3 is 2.42 bits per heavy atom. The maximum atomic E-state index is 12.2. The number of piperazine rings is 1. The second-order valence-electron chi connectivity index (χ2n) is 6.03. The molecule has 2 aromatic rings. The molecule has 2 N–H and O–H groups in total. The molecule has 9 heteroatoms. The predicted molar refractivity (Wildman–Crippen MR) is 97.5 cm³/mol. The standard InChI is InChI=1S/C17H21N5O4/c1-20-7-9-21(10-8-20)18-11-14-15(23)19-17(25)22(16(14)24)12-3-5-13(26-2)6-4-12/h3-6,11,24H,7-10H2,1-2H3,(H,19,23,25). The zero-order valence-electron chi connectivity index (χ0n) is 14.7. The third-order valence-electron chi connectivity index (χ3n) is 4.28. The minimum atomic E-state index is -0.727. The lowest BCUT2D eigenvalue weighted by Gasteiger charge is -2.30. The summed E-state index contributed by atoms with van der Waals surface area (Å²) < 4.78 is 6.10. The normalized spacial score (nSPS) is 15.5. The molecule has 0 spiro atoms. The van der Waals surface area contributed by atoms with Crippen molar-refractivity contribution in [3.63, 3.8) is 0 Å². The Hall–Kier alpha value is -3.07. The number of rotatable bonds is 4. The van der Waals surface area contributed by atoms with Gasteiger partial charge in [0.25, 0.3) is 5.56 Å². The largest absolute Gasteiger partial charge is 0.497 e. The third kappa shape index (κ3) is 3.62. The van der Waals surface area contributed by atoms with Crippen LogP contribution in [-0.2, 0) is 0 Å². The maximum Gasteiger partial charge on any atom is 0.335 e. The molecular weight excluding hydrogens is 338 g/mol. The number of nitrogens with zero attached hydrogens (tertiary/aromatic N) is 4. The van der Waals surface area contributed by atoms with Gasteiger partial charge in [0.2, 0.25) is 5.88 Å². The Bertz CT molecular complexity index is 908. The quantitative estimate of drug-likeness (QED) is 0.734. The number of ether oxygens (including phenoxy) is 1. The fraction of sp³-hybridized carbons (Fsp3) is 0.353. The van der Waals surface area contributed by atoms with Gasteiger partial charge in [0.1, 0.15) is 11.3 Å². The molecule has 1 aliphatic rings. The molecule has 1 aromatic carbocycles. The molecule has 0 saturated carbocycles. The minimum absolute atomic E-state index is 0.0700. The van der Waals surface area contributed by atoms with Crippen LogP contribution in [0.15, 0.2) is 39.0 Å². The summed E-state index contributed by atoms with van der Waals surface area (Å²) in [5, 5.41) is 16.6. The molecule has 1 aromatic heterocycles. The van der Waals surface area contributed by atoms with Crippen LogP contribution in [-0.4, -0.2) is 71.1 Å². The van der Waals surface area contributed by atoms with Gasteiger partial charge < -0.3 is 14.7 Å². The van der Waals surface area contributed by atoms with Crippen molar-refractivity contribution in [2.24, 2.45) is 5.10 Å². The molecule has 1 saturated heterocycles. The van der Waals surface area contributed by atoms with E-state index in [1.807, 2.05) is 12.1 Å².